The minimum absolute atomic E-state index is 0. The van der Waals surface area contributed by atoms with Gasteiger partial charge in [-0.3, -0.25) is 0 Å². The van der Waals surface area contributed by atoms with Crippen LogP contribution >= 0.6 is 12.4 Å². The van der Waals surface area contributed by atoms with Crippen molar-refractivity contribution >= 4 is 22.4 Å². The van der Waals surface area contributed by atoms with Gasteiger partial charge < -0.3 is 5.32 Å². The van der Waals surface area contributed by atoms with Crippen LogP contribution < -0.4 is 5.32 Å². The van der Waals surface area contributed by atoms with E-state index in [1.165, 1.54) is 5.56 Å². The molecule has 3 rings (SSSR count). The number of hydrogen-bond acceptors (Lipinski definition) is 3. The predicted octanol–water partition coefficient (Wildman–Crippen LogP) is 2.07. The zero-order valence-corrected chi connectivity index (χ0v) is 14.8. The first-order valence-corrected chi connectivity index (χ1v) is 9.33. The lowest BCUT2D eigenvalue weighted by atomic mass is 10.0. The van der Waals surface area contributed by atoms with Crippen LogP contribution in [0.5, 0.6) is 0 Å². The Morgan fingerprint density at radius 3 is 2.23 bits per heavy atom. The largest absolute Gasteiger partial charge is 0.316 e. The molecule has 0 aromatic heterocycles. The molecule has 0 unspecified atom stereocenters. The Morgan fingerprint density at radius 2 is 1.68 bits per heavy atom. The lowest BCUT2D eigenvalue weighted by Crippen LogP contribution is -2.32. The van der Waals surface area contributed by atoms with Crippen LogP contribution in [0.2, 0.25) is 0 Å². The molecule has 2 atom stereocenters. The number of halogens is 1. The summed E-state index contributed by atoms with van der Waals surface area (Å²) in [5, 5.41) is 3.35. The van der Waals surface area contributed by atoms with Gasteiger partial charge in [0.25, 0.3) is 0 Å². The predicted molar refractivity (Wildman–Crippen MR) is 91.1 cm³/mol. The van der Waals surface area contributed by atoms with Crippen molar-refractivity contribution in [1.29, 1.82) is 0 Å². The molecule has 6 heteroatoms. The first kappa shape index (κ1) is 17.7. The third-order valence-corrected chi connectivity index (χ3v) is 6.76. The van der Waals surface area contributed by atoms with E-state index in [4.69, 9.17) is 0 Å². The fourth-order valence-electron chi connectivity index (χ4n) is 3.59. The highest BCUT2D eigenvalue weighted by molar-refractivity contribution is 7.89. The second-order valence-electron chi connectivity index (χ2n) is 6.14. The highest BCUT2D eigenvalue weighted by Crippen LogP contribution is 2.31. The van der Waals surface area contributed by atoms with Crippen molar-refractivity contribution in [2.45, 2.75) is 31.6 Å². The van der Waals surface area contributed by atoms with Gasteiger partial charge in [0, 0.05) is 13.1 Å². The van der Waals surface area contributed by atoms with Gasteiger partial charge in [0.2, 0.25) is 10.0 Å². The summed E-state index contributed by atoms with van der Waals surface area (Å²) in [4.78, 5) is 0.462. The lowest BCUT2D eigenvalue weighted by Gasteiger charge is -2.18. The number of nitrogens with zero attached hydrogens (tertiary/aromatic N) is 1. The molecule has 1 aromatic rings. The summed E-state index contributed by atoms with van der Waals surface area (Å²) in [5.74, 6) is 0.973. The maximum Gasteiger partial charge on any atom is 0.243 e. The van der Waals surface area contributed by atoms with Gasteiger partial charge in [0.15, 0.2) is 0 Å². The van der Waals surface area contributed by atoms with Crippen LogP contribution in [0.4, 0.5) is 0 Å². The van der Waals surface area contributed by atoms with Gasteiger partial charge in [0.1, 0.15) is 0 Å². The summed E-state index contributed by atoms with van der Waals surface area (Å²) in [6, 6.07) is 5.63. The van der Waals surface area contributed by atoms with E-state index < -0.39 is 10.0 Å². The number of benzene rings is 1. The topological polar surface area (TPSA) is 49.4 Å². The number of hydrogen-bond donors (Lipinski definition) is 1. The van der Waals surface area contributed by atoms with E-state index >= 15 is 0 Å². The Labute approximate surface area is 139 Å². The fraction of sp³-hybridized carbons (Fsp3) is 0.625. The number of fused-ring (bicyclic) bond motifs is 1. The van der Waals surface area contributed by atoms with Crippen LogP contribution in [0.25, 0.3) is 0 Å². The molecule has 1 N–H and O–H groups in total. The van der Waals surface area contributed by atoms with Gasteiger partial charge in [-0.1, -0.05) is 19.9 Å². The van der Waals surface area contributed by atoms with E-state index in [2.05, 4.69) is 19.2 Å². The molecule has 0 aliphatic carbocycles. The quantitative estimate of drug-likeness (QED) is 0.909. The minimum Gasteiger partial charge on any atom is -0.316 e. The molecule has 124 valence electrons. The summed E-state index contributed by atoms with van der Waals surface area (Å²) in [6.07, 6.45) is 1.82. The zero-order chi connectivity index (χ0) is 15.0. The smallest absolute Gasteiger partial charge is 0.243 e. The van der Waals surface area contributed by atoms with Gasteiger partial charge >= 0.3 is 0 Å². The molecular formula is C16H25ClN2O2S. The summed E-state index contributed by atoms with van der Waals surface area (Å²) in [6.45, 7) is 7.42. The zero-order valence-electron chi connectivity index (χ0n) is 13.2. The average molecular weight is 345 g/mol. The van der Waals surface area contributed by atoms with E-state index in [-0.39, 0.29) is 12.4 Å². The first-order valence-electron chi connectivity index (χ1n) is 7.89. The molecule has 0 radical (unpaired) electrons. The maximum atomic E-state index is 12.8. The second-order valence-corrected chi connectivity index (χ2v) is 8.08. The van der Waals surface area contributed by atoms with Crippen molar-refractivity contribution in [2.24, 2.45) is 11.8 Å². The summed E-state index contributed by atoms with van der Waals surface area (Å²) >= 11 is 0. The summed E-state index contributed by atoms with van der Waals surface area (Å²) < 4.78 is 27.4. The first-order chi connectivity index (χ1) is 10.1. The highest BCUT2D eigenvalue weighted by atomic mass is 35.5. The van der Waals surface area contributed by atoms with Gasteiger partial charge in [-0.15, -0.1) is 12.4 Å². The van der Waals surface area contributed by atoms with E-state index in [1.54, 1.807) is 10.4 Å². The van der Waals surface area contributed by atoms with E-state index in [0.717, 1.165) is 31.5 Å². The van der Waals surface area contributed by atoms with Crippen LogP contribution in [0.3, 0.4) is 0 Å². The molecule has 2 saturated heterocycles. The van der Waals surface area contributed by atoms with Crippen molar-refractivity contribution < 1.29 is 8.42 Å². The SMILES string of the molecule is CCc1ccc(S(=O)(=O)N2C[C@H]3CNC[C@H]3C2)cc1CC.Cl. The molecule has 2 heterocycles. The van der Waals surface area contributed by atoms with Gasteiger partial charge in [-0.05, 0) is 61.0 Å². The highest BCUT2D eigenvalue weighted by Gasteiger charge is 2.41. The number of sulfonamides is 1. The Bertz CT molecular complexity index is 621. The standard InChI is InChI=1S/C16H24N2O2S.ClH/c1-3-12-5-6-16(7-13(12)4-2)21(19,20)18-10-14-8-17-9-15(14)11-18;/h5-7,14-15,17H,3-4,8-11H2,1-2H3;1H/t14-,15+;. The van der Waals surface area contributed by atoms with Gasteiger partial charge in [-0.2, -0.15) is 4.31 Å². The number of aryl methyl sites for hydroxylation is 2. The molecule has 0 bridgehead atoms. The molecule has 4 nitrogen and oxygen atoms in total. The van der Waals surface area contributed by atoms with Crippen LogP contribution in [0, 0.1) is 11.8 Å². The third kappa shape index (κ3) is 3.04. The van der Waals surface area contributed by atoms with Crippen molar-refractivity contribution in [3.63, 3.8) is 0 Å². The van der Waals surface area contributed by atoms with Gasteiger partial charge in [0.05, 0.1) is 4.90 Å². The average Bonchev–Trinajstić information content (AvgIpc) is 3.07. The maximum absolute atomic E-state index is 12.8. The number of nitrogens with one attached hydrogen (secondary N) is 1. The van der Waals surface area contributed by atoms with Crippen LogP contribution in [-0.4, -0.2) is 38.9 Å². The monoisotopic (exact) mass is 344 g/mol. The van der Waals surface area contributed by atoms with Crippen LogP contribution in [0.1, 0.15) is 25.0 Å². The normalized spacial score (nSPS) is 25.0. The summed E-state index contributed by atoms with van der Waals surface area (Å²) in [7, 11) is -3.33. The van der Waals surface area contributed by atoms with Gasteiger partial charge in [-0.25, -0.2) is 8.42 Å². The molecule has 0 amide bonds. The van der Waals surface area contributed by atoms with E-state index in [0.29, 0.717) is 29.8 Å². The third-order valence-electron chi connectivity index (χ3n) is 4.93. The molecule has 1 aromatic carbocycles. The molecule has 2 fully saturated rings. The summed E-state index contributed by atoms with van der Waals surface area (Å²) in [5.41, 5.74) is 2.40. The molecule has 2 aliphatic rings. The van der Waals surface area contributed by atoms with E-state index in [1.807, 2.05) is 12.1 Å². The minimum atomic E-state index is -3.33. The van der Waals surface area contributed by atoms with E-state index in [9.17, 15) is 8.42 Å². The van der Waals surface area contributed by atoms with Crippen molar-refractivity contribution in [2.75, 3.05) is 26.2 Å². The molecule has 2 aliphatic heterocycles. The molecule has 0 saturated carbocycles. The number of rotatable bonds is 4. The Morgan fingerprint density at radius 1 is 1.09 bits per heavy atom. The van der Waals surface area contributed by atoms with Crippen molar-refractivity contribution in [3.05, 3.63) is 29.3 Å². The molecule has 22 heavy (non-hydrogen) atoms. The Kier molecular flexibility index (Phi) is 5.54. The van der Waals surface area contributed by atoms with Crippen molar-refractivity contribution in [1.82, 2.24) is 9.62 Å². The Balaban J connectivity index is 0.00000176. The second kappa shape index (κ2) is 6.87. The Hall–Kier alpha value is -0.620. The lowest BCUT2D eigenvalue weighted by molar-refractivity contribution is 0.448. The molecular weight excluding hydrogens is 320 g/mol. The van der Waals surface area contributed by atoms with Crippen LogP contribution in [0.15, 0.2) is 23.1 Å². The fourth-order valence-corrected chi connectivity index (χ4v) is 5.20. The van der Waals surface area contributed by atoms with Crippen molar-refractivity contribution in [3.8, 4) is 0 Å². The molecule has 0 spiro atoms. The van der Waals surface area contributed by atoms with Crippen LogP contribution in [-0.2, 0) is 22.9 Å².